The van der Waals surface area contributed by atoms with Crippen LogP contribution < -0.4 is 5.73 Å². The summed E-state index contributed by atoms with van der Waals surface area (Å²) in [6, 6.07) is -0.0450. The standard InChI is InChI=1S/C10H18N2O2/c1-8(10(13)14-2)12-6-4-3-5-9(12)7-11/h3,5,8-9H,4,6-7,11H2,1-2H3. The summed E-state index contributed by atoms with van der Waals surface area (Å²) in [5.74, 6) is -0.196. The van der Waals surface area contributed by atoms with Crippen LogP contribution in [0.3, 0.4) is 0 Å². The van der Waals surface area contributed by atoms with Gasteiger partial charge in [-0.15, -0.1) is 0 Å². The molecule has 0 aromatic carbocycles. The Kier molecular flexibility index (Phi) is 4.10. The summed E-state index contributed by atoms with van der Waals surface area (Å²) in [4.78, 5) is 13.4. The highest BCUT2D eigenvalue weighted by Gasteiger charge is 2.27. The fourth-order valence-corrected chi connectivity index (χ4v) is 1.75. The molecule has 0 saturated carbocycles. The minimum atomic E-state index is -0.210. The lowest BCUT2D eigenvalue weighted by Crippen LogP contribution is -2.50. The second kappa shape index (κ2) is 5.12. The molecular formula is C10H18N2O2. The summed E-state index contributed by atoms with van der Waals surface area (Å²) in [5.41, 5.74) is 5.63. The van der Waals surface area contributed by atoms with E-state index in [0.717, 1.165) is 13.0 Å². The predicted octanol–water partition coefficient (Wildman–Crippen LogP) is 0.137. The van der Waals surface area contributed by atoms with Crippen LogP contribution >= 0.6 is 0 Å². The number of nitrogens with two attached hydrogens (primary N) is 1. The van der Waals surface area contributed by atoms with Crippen molar-refractivity contribution in [3.05, 3.63) is 12.2 Å². The van der Waals surface area contributed by atoms with Crippen LogP contribution in [0.15, 0.2) is 12.2 Å². The molecule has 0 aromatic heterocycles. The van der Waals surface area contributed by atoms with Gasteiger partial charge in [0.05, 0.1) is 7.11 Å². The quantitative estimate of drug-likeness (QED) is 0.517. The fourth-order valence-electron chi connectivity index (χ4n) is 1.75. The van der Waals surface area contributed by atoms with Crippen LogP contribution in [0, 0.1) is 0 Å². The van der Waals surface area contributed by atoms with Crippen molar-refractivity contribution >= 4 is 5.97 Å². The van der Waals surface area contributed by atoms with Crippen LogP contribution in [0.1, 0.15) is 13.3 Å². The molecule has 14 heavy (non-hydrogen) atoms. The molecule has 2 N–H and O–H groups in total. The van der Waals surface area contributed by atoms with Crippen LogP contribution in [-0.2, 0) is 9.53 Å². The Morgan fingerprint density at radius 2 is 2.50 bits per heavy atom. The lowest BCUT2D eigenvalue weighted by Gasteiger charge is -2.34. The van der Waals surface area contributed by atoms with Crippen LogP contribution in [0.25, 0.3) is 0 Å². The molecular weight excluding hydrogens is 180 g/mol. The van der Waals surface area contributed by atoms with Crippen LogP contribution in [0.4, 0.5) is 0 Å². The Morgan fingerprint density at radius 1 is 1.79 bits per heavy atom. The zero-order chi connectivity index (χ0) is 10.6. The Hall–Kier alpha value is -0.870. The number of esters is 1. The van der Waals surface area contributed by atoms with Gasteiger partial charge in [0.25, 0.3) is 0 Å². The zero-order valence-electron chi connectivity index (χ0n) is 8.77. The fraction of sp³-hybridized carbons (Fsp3) is 0.700. The number of hydrogen-bond donors (Lipinski definition) is 1. The van der Waals surface area contributed by atoms with Crippen molar-refractivity contribution in [3.63, 3.8) is 0 Å². The van der Waals surface area contributed by atoms with E-state index in [9.17, 15) is 4.79 Å². The first-order chi connectivity index (χ1) is 6.70. The highest BCUT2D eigenvalue weighted by Crippen LogP contribution is 2.13. The largest absolute Gasteiger partial charge is 0.468 e. The summed E-state index contributed by atoms with van der Waals surface area (Å²) >= 11 is 0. The number of rotatable bonds is 3. The third-order valence-corrected chi connectivity index (χ3v) is 2.62. The average molecular weight is 198 g/mol. The van der Waals surface area contributed by atoms with Gasteiger partial charge < -0.3 is 10.5 Å². The van der Waals surface area contributed by atoms with Gasteiger partial charge in [-0.1, -0.05) is 12.2 Å². The lowest BCUT2D eigenvalue weighted by atomic mass is 10.1. The third-order valence-electron chi connectivity index (χ3n) is 2.62. The van der Waals surface area contributed by atoms with E-state index in [-0.39, 0.29) is 18.1 Å². The molecule has 1 rings (SSSR count). The van der Waals surface area contributed by atoms with Crippen LogP contribution in [-0.4, -0.2) is 43.2 Å². The summed E-state index contributed by atoms with van der Waals surface area (Å²) in [6.07, 6.45) is 5.14. The van der Waals surface area contributed by atoms with Gasteiger partial charge >= 0.3 is 5.97 Å². The van der Waals surface area contributed by atoms with E-state index in [2.05, 4.69) is 17.1 Å². The highest BCUT2D eigenvalue weighted by atomic mass is 16.5. The number of hydrogen-bond acceptors (Lipinski definition) is 4. The Labute approximate surface area is 84.7 Å². The molecule has 0 spiro atoms. The molecule has 0 fully saturated rings. The Bertz CT molecular complexity index is 228. The second-order valence-corrected chi connectivity index (χ2v) is 3.46. The number of carbonyl (C=O) groups excluding carboxylic acids is 1. The summed E-state index contributed by atoms with van der Waals surface area (Å²) in [7, 11) is 1.41. The molecule has 0 aliphatic carbocycles. The van der Waals surface area contributed by atoms with E-state index in [1.165, 1.54) is 7.11 Å². The first-order valence-corrected chi connectivity index (χ1v) is 4.91. The molecule has 2 unspecified atom stereocenters. The van der Waals surface area contributed by atoms with Gasteiger partial charge in [-0.2, -0.15) is 0 Å². The van der Waals surface area contributed by atoms with Crippen molar-refractivity contribution in [2.45, 2.75) is 25.4 Å². The average Bonchev–Trinajstić information content (AvgIpc) is 2.26. The second-order valence-electron chi connectivity index (χ2n) is 3.46. The normalized spacial score (nSPS) is 24.6. The number of nitrogens with zero attached hydrogens (tertiary/aromatic N) is 1. The van der Waals surface area contributed by atoms with Crippen molar-refractivity contribution in [2.75, 3.05) is 20.2 Å². The van der Waals surface area contributed by atoms with E-state index in [4.69, 9.17) is 10.5 Å². The molecule has 0 amide bonds. The maximum Gasteiger partial charge on any atom is 0.322 e. The van der Waals surface area contributed by atoms with E-state index in [1.807, 2.05) is 6.92 Å². The number of carbonyl (C=O) groups is 1. The molecule has 4 nitrogen and oxygen atoms in total. The summed E-state index contributed by atoms with van der Waals surface area (Å²) < 4.78 is 4.71. The van der Waals surface area contributed by atoms with Crippen molar-refractivity contribution in [1.82, 2.24) is 4.90 Å². The van der Waals surface area contributed by atoms with Gasteiger partial charge in [-0.05, 0) is 13.3 Å². The van der Waals surface area contributed by atoms with Crippen molar-refractivity contribution in [3.8, 4) is 0 Å². The Morgan fingerprint density at radius 3 is 3.07 bits per heavy atom. The minimum Gasteiger partial charge on any atom is -0.468 e. The van der Waals surface area contributed by atoms with Gasteiger partial charge in [0.1, 0.15) is 6.04 Å². The molecule has 1 heterocycles. The molecule has 2 atom stereocenters. The predicted molar refractivity (Wildman–Crippen MR) is 54.8 cm³/mol. The highest BCUT2D eigenvalue weighted by molar-refractivity contribution is 5.75. The first-order valence-electron chi connectivity index (χ1n) is 4.91. The van der Waals surface area contributed by atoms with Gasteiger partial charge in [0.15, 0.2) is 0 Å². The van der Waals surface area contributed by atoms with E-state index < -0.39 is 0 Å². The smallest absolute Gasteiger partial charge is 0.322 e. The van der Waals surface area contributed by atoms with Crippen molar-refractivity contribution < 1.29 is 9.53 Å². The summed E-state index contributed by atoms with van der Waals surface area (Å²) in [5, 5.41) is 0. The number of ether oxygens (including phenoxy) is 1. The van der Waals surface area contributed by atoms with Crippen LogP contribution in [0.2, 0.25) is 0 Å². The number of methoxy groups -OCH3 is 1. The molecule has 0 aromatic rings. The van der Waals surface area contributed by atoms with E-state index >= 15 is 0 Å². The van der Waals surface area contributed by atoms with Crippen LogP contribution in [0.5, 0.6) is 0 Å². The van der Waals surface area contributed by atoms with E-state index in [1.54, 1.807) is 0 Å². The zero-order valence-corrected chi connectivity index (χ0v) is 8.77. The SMILES string of the molecule is COC(=O)C(C)N1CCC=CC1CN. The van der Waals surface area contributed by atoms with Crippen molar-refractivity contribution in [2.24, 2.45) is 5.73 Å². The monoisotopic (exact) mass is 198 g/mol. The molecule has 0 saturated heterocycles. The molecule has 80 valence electrons. The van der Waals surface area contributed by atoms with E-state index in [0.29, 0.717) is 6.54 Å². The van der Waals surface area contributed by atoms with Gasteiger partial charge in [0.2, 0.25) is 0 Å². The maximum absolute atomic E-state index is 11.3. The molecule has 0 bridgehead atoms. The van der Waals surface area contributed by atoms with Crippen molar-refractivity contribution in [1.29, 1.82) is 0 Å². The van der Waals surface area contributed by atoms with Gasteiger partial charge in [-0.25, -0.2) is 0 Å². The van der Waals surface area contributed by atoms with Gasteiger partial charge in [0, 0.05) is 19.1 Å². The molecule has 1 aliphatic heterocycles. The molecule has 0 radical (unpaired) electrons. The lowest BCUT2D eigenvalue weighted by molar-refractivity contribution is -0.146. The minimum absolute atomic E-state index is 0.165. The topological polar surface area (TPSA) is 55.6 Å². The molecule has 1 aliphatic rings. The third kappa shape index (κ3) is 2.33. The Balaban J connectivity index is 2.65. The van der Waals surface area contributed by atoms with Gasteiger partial charge in [-0.3, -0.25) is 9.69 Å². The molecule has 4 heteroatoms. The first kappa shape index (κ1) is 11.2. The maximum atomic E-state index is 11.3. The summed E-state index contributed by atoms with van der Waals surface area (Å²) in [6.45, 7) is 3.26.